The molecule has 1 saturated carbocycles. The Morgan fingerprint density at radius 2 is 1.68 bits per heavy atom. The van der Waals surface area contributed by atoms with E-state index in [2.05, 4.69) is 6.92 Å². The Kier molecular flexibility index (Phi) is 11.0. The highest BCUT2D eigenvalue weighted by Gasteiger charge is 2.44. The number of ether oxygens (including phenoxy) is 4. The number of hydrogen-bond acceptors (Lipinski definition) is 7. The zero-order valence-electron chi connectivity index (χ0n) is 19.2. The molecule has 0 spiro atoms. The summed E-state index contributed by atoms with van der Waals surface area (Å²) >= 11 is 0. The normalized spacial score (nSPS) is 36.4. The fourth-order valence-corrected chi connectivity index (χ4v) is 5.45. The zero-order chi connectivity index (χ0) is 22.1. The van der Waals surface area contributed by atoms with Gasteiger partial charge in [-0.2, -0.15) is 0 Å². The summed E-state index contributed by atoms with van der Waals surface area (Å²) in [6.07, 6.45) is 9.36. The maximum Gasteiger partial charge on any atom is 0.157 e. The Morgan fingerprint density at radius 3 is 2.29 bits per heavy atom. The van der Waals surface area contributed by atoms with Crippen LogP contribution in [0.4, 0.5) is 0 Å². The lowest BCUT2D eigenvalue weighted by molar-refractivity contribution is -0.201. The van der Waals surface area contributed by atoms with Crippen molar-refractivity contribution in [3.05, 3.63) is 0 Å². The number of aliphatic hydroxyl groups excluding tert-OH is 3. The van der Waals surface area contributed by atoms with Gasteiger partial charge in [0, 0.05) is 19.6 Å². The van der Waals surface area contributed by atoms with Crippen LogP contribution < -0.4 is 0 Å². The zero-order valence-corrected chi connectivity index (χ0v) is 19.2. The number of aliphatic hydroxyl groups is 3. The van der Waals surface area contributed by atoms with Crippen LogP contribution in [0.25, 0.3) is 0 Å². The molecule has 2 aliphatic heterocycles. The second kappa shape index (κ2) is 13.4. The van der Waals surface area contributed by atoms with E-state index in [1.807, 2.05) is 0 Å². The summed E-state index contributed by atoms with van der Waals surface area (Å²) in [5.41, 5.74) is 0. The lowest BCUT2D eigenvalue weighted by Gasteiger charge is -2.32. The van der Waals surface area contributed by atoms with Crippen LogP contribution in [0.2, 0.25) is 0 Å². The van der Waals surface area contributed by atoms with E-state index in [-0.39, 0.29) is 43.2 Å². The van der Waals surface area contributed by atoms with Gasteiger partial charge in [-0.3, -0.25) is 0 Å². The minimum absolute atomic E-state index is 0.0936. The highest BCUT2D eigenvalue weighted by molar-refractivity contribution is 4.93. The molecule has 182 valence electrons. The average molecular weight is 445 g/mol. The van der Waals surface area contributed by atoms with Gasteiger partial charge in [-0.1, -0.05) is 13.3 Å². The molecule has 0 aromatic heterocycles. The van der Waals surface area contributed by atoms with Gasteiger partial charge in [-0.05, 0) is 76.0 Å². The maximum absolute atomic E-state index is 10.8. The summed E-state index contributed by atoms with van der Waals surface area (Å²) < 4.78 is 24.2. The van der Waals surface area contributed by atoms with Gasteiger partial charge in [0.2, 0.25) is 0 Å². The monoisotopic (exact) mass is 444 g/mol. The highest BCUT2D eigenvalue weighted by atomic mass is 16.7. The van der Waals surface area contributed by atoms with Crippen molar-refractivity contribution >= 4 is 0 Å². The third-order valence-corrected chi connectivity index (χ3v) is 7.13. The molecule has 7 heteroatoms. The van der Waals surface area contributed by atoms with Crippen LogP contribution in [0, 0.1) is 11.8 Å². The molecule has 1 aliphatic carbocycles. The van der Waals surface area contributed by atoms with E-state index in [4.69, 9.17) is 18.9 Å². The minimum Gasteiger partial charge on any atom is -0.394 e. The molecule has 2 heterocycles. The van der Waals surface area contributed by atoms with E-state index in [1.54, 1.807) is 0 Å². The van der Waals surface area contributed by atoms with Crippen LogP contribution in [-0.4, -0.2) is 72.1 Å². The second-order valence-corrected chi connectivity index (χ2v) is 9.59. The van der Waals surface area contributed by atoms with E-state index in [1.165, 1.54) is 0 Å². The minimum atomic E-state index is -0.815. The SMILES string of the molecule is CCCC(CCC1C(OC2CCCCO2)CC(O)C1CC(O)CO)OC1CCCCO1. The predicted octanol–water partition coefficient (Wildman–Crippen LogP) is 3.13. The molecule has 31 heavy (non-hydrogen) atoms. The van der Waals surface area contributed by atoms with Crippen molar-refractivity contribution in [2.24, 2.45) is 11.8 Å². The van der Waals surface area contributed by atoms with Crippen LogP contribution in [-0.2, 0) is 18.9 Å². The molecule has 3 rings (SSSR count). The first-order valence-corrected chi connectivity index (χ1v) is 12.6. The van der Waals surface area contributed by atoms with E-state index in [0.717, 1.165) is 77.4 Å². The Morgan fingerprint density at radius 1 is 0.968 bits per heavy atom. The Labute approximate surface area is 187 Å². The summed E-state index contributed by atoms with van der Waals surface area (Å²) in [6, 6.07) is 0. The molecule has 2 saturated heterocycles. The molecule has 3 fully saturated rings. The molecule has 0 aromatic rings. The molecular formula is C24H44O7. The van der Waals surface area contributed by atoms with Gasteiger partial charge in [-0.25, -0.2) is 0 Å². The molecule has 7 nitrogen and oxygen atoms in total. The van der Waals surface area contributed by atoms with Gasteiger partial charge >= 0.3 is 0 Å². The van der Waals surface area contributed by atoms with Crippen LogP contribution in [0.3, 0.4) is 0 Å². The smallest absolute Gasteiger partial charge is 0.157 e. The molecule has 8 unspecified atom stereocenters. The lowest BCUT2D eigenvalue weighted by Crippen LogP contribution is -2.34. The topological polar surface area (TPSA) is 97.6 Å². The molecule has 8 atom stereocenters. The standard InChI is InChI=1S/C24H44O7/c1-2-7-18(30-23-8-3-5-12-28-23)10-11-19-20(14-17(26)16-25)21(27)15-22(19)31-24-9-4-6-13-29-24/h17-27H,2-16H2,1H3. The molecule has 3 N–H and O–H groups in total. The maximum atomic E-state index is 10.8. The van der Waals surface area contributed by atoms with Crippen LogP contribution in [0.15, 0.2) is 0 Å². The summed E-state index contributed by atoms with van der Waals surface area (Å²) in [7, 11) is 0. The molecule has 3 aliphatic rings. The molecule has 0 aromatic carbocycles. The Hall–Kier alpha value is -0.280. The molecule has 0 amide bonds. The third-order valence-electron chi connectivity index (χ3n) is 7.13. The number of hydrogen-bond donors (Lipinski definition) is 3. The van der Waals surface area contributed by atoms with Gasteiger partial charge in [-0.15, -0.1) is 0 Å². The Balaban J connectivity index is 1.61. The van der Waals surface area contributed by atoms with Crippen molar-refractivity contribution in [3.63, 3.8) is 0 Å². The summed E-state index contributed by atoms with van der Waals surface area (Å²) in [5, 5.41) is 30.2. The van der Waals surface area contributed by atoms with Crippen LogP contribution in [0.5, 0.6) is 0 Å². The van der Waals surface area contributed by atoms with E-state index in [9.17, 15) is 15.3 Å². The molecule has 0 radical (unpaired) electrons. The van der Waals surface area contributed by atoms with Crippen LogP contribution in [0.1, 0.15) is 84.0 Å². The van der Waals surface area contributed by atoms with Gasteiger partial charge in [0.1, 0.15) is 0 Å². The van der Waals surface area contributed by atoms with Crippen molar-refractivity contribution in [1.82, 2.24) is 0 Å². The van der Waals surface area contributed by atoms with Crippen molar-refractivity contribution in [3.8, 4) is 0 Å². The summed E-state index contributed by atoms with van der Waals surface area (Å²) in [4.78, 5) is 0. The molecular weight excluding hydrogens is 400 g/mol. The first kappa shape index (κ1) is 25.3. The predicted molar refractivity (Wildman–Crippen MR) is 116 cm³/mol. The fourth-order valence-electron chi connectivity index (χ4n) is 5.45. The van der Waals surface area contributed by atoms with Gasteiger partial charge in [0.05, 0.1) is 31.0 Å². The summed E-state index contributed by atoms with van der Waals surface area (Å²) in [6.45, 7) is 3.39. The third kappa shape index (κ3) is 7.91. The Bertz CT molecular complexity index is 479. The average Bonchev–Trinajstić information content (AvgIpc) is 3.07. The number of rotatable bonds is 12. The van der Waals surface area contributed by atoms with Crippen molar-refractivity contribution in [2.45, 2.75) is 121 Å². The van der Waals surface area contributed by atoms with Crippen LogP contribution >= 0.6 is 0 Å². The fraction of sp³-hybridized carbons (Fsp3) is 1.00. The summed E-state index contributed by atoms with van der Waals surface area (Å²) in [5.74, 6) is 0.0147. The van der Waals surface area contributed by atoms with Gasteiger partial charge in [0.15, 0.2) is 12.6 Å². The van der Waals surface area contributed by atoms with Crippen molar-refractivity contribution in [2.75, 3.05) is 19.8 Å². The second-order valence-electron chi connectivity index (χ2n) is 9.59. The largest absolute Gasteiger partial charge is 0.394 e. The molecule has 0 bridgehead atoms. The van der Waals surface area contributed by atoms with E-state index >= 15 is 0 Å². The van der Waals surface area contributed by atoms with Gasteiger partial charge < -0.3 is 34.3 Å². The van der Waals surface area contributed by atoms with Crippen molar-refractivity contribution in [1.29, 1.82) is 0 Å². The van der Waals surface area contributed by atoms with E-state index in [0.29, 0.717) is 12.8 Å². The first-order chi connectivity index (χ1) is 15.1. The lowest BCUT2D eigenvalue weighted by atomic mass is 9.84. The van der Waals surface area contributed by atoms with E-state index < -0.39 is 12.2 Å². The highest BCUT2D eigenvalue weighted by Crippen LogP contribution is 2.42. The van der Waals surface area contributed by atoms with Crippen molar-refractivity contribution < 1.29 is 34.3 Å². The van der Waals surface area contributed by atoms with Gasteiger partial charge in [0.25, 0.3) is 0 Å². The first-order valence-electron chi connectivity index (χ1n) is 12.6. The quantitative estimate of drug-likeness (QED) is 0.425.